The molecule has 2 heterocycles. The van der Waals surface area contributed by atoms with Crippen molar-refractivity contribution in [2.75, 3.05) is 0 Å². The van der Waals surface area contributed by atoms with E-state index in [1.54, 1.807) is 0 Å². The number of nitrogens with zero attached hydrogens (tertiary/aromatic N) is 2. The zero-order valence-electron chi connectivity index (χ0n) is 45.4. The van der Waals surface area contributed by atoms with Crippen molar-refractivity contribution in [3.63, 3.8) is 0 Å². The SMILES string of the molecule is CC1(C)CCCC(C)(C)C1.Cc1c([Si](c2ccccc2)(c2ccccc2)c2ccccc2)c(-c2ccccc2)n(-c2ccccc2)c1-c1ccccc1.[B].c1ccc(-c2ccc(-c3ccccc3)n2-c2ccccc2)cc1. The predicted octanol–water partition coefficient (Wildman–Crippen LogP) is 16.5. The van der Waals surface area contributed by atoms with Crippen molar-refractivity contribution >= 4 is 37.2 Å². The lowest BCUT2D eigenvalue weighted by Gasteiger charge is -2.40. The van der Waals surface area contributed by atoms with Gasteiger partial charge >= 0.3 is 0 Å². The van der Waals surface area contributed by atoms with Gasteiger partial charge in [-0.05, 0) is 122 Å². The van der Waals surface area contributed by atoms with Gasteiger partial charge in [0, 0.05) is 19.8 Å². The Morgan fingerprint density at radius 2 is 0.610 bits per heavy atom. The van der Waals surface area contributed by atoms with E-state index in [2.05, 4.69) is 329 Å². The van der Waals surface area contributed by atoms with E-state index < -0.39 is 8.07 Å². The number of rotatable bonds is 10. The minimum Gasteiger partial charge on any atom is -0.309 e. The van der Waals surface area contributed by atoms with E-state index in [4.69, 9.17) is 0 Å². The summed E-state index contributed by atoms with van der Waals surface area (Å²) in [6.07, 6.45) is 5.69. The lowest BCUT2D eigenvalue weighted by Crippen LogP contribution is -2.75. The summed E-state index contributed by atoms with van der Waals surface area (Å²) in [7, 11) is -2.87. The molecule has 1 saturated carbocycles. The number of para-hydroxylation sites is 2. The highest BCUT2D eigenvalue weighted by molar-refractivity contribution is 7.20. The van der Waals surface area contributed by atoms with Crippen molar-refractivity contribution in [1.29, 1.82) is 0 Å². The monoisotopic (exact) mass is 1010 g/mol. The van der Waals surface area contributed by atoms with Gasteiger partial charge in [-0.1, -0.05) is 283 Å². The third-order valence-electron chi connectivity index (χ3n) is 15.2. The Morgan fingerprint density at radius 3 is 0.935 bits per heavy atom. The van der Waals surface area contributed by atoms with Crippen molar-refractivity contribution in [1.82, 2.24) is 9.13 Å². The molecule has 0 N–H and O–H groups in total. The van der Waals surface area contributed by atoms with Crippen LogP contribution in [0.1, 0.15) is 58.9 Å². The van der Waals surface area contributed by atoms with Gasteiger partial charge in [-0.25, -0.2) is 0 Å². The smallest absolute Gasteiger partial charge is 0.182 e. The maximum atomic E-state index is 2.52. The third kappa shape index (κ3) is 11.6. The Morgan fingerprint density at radius 1 is 0.325 bits per heavy atom. The molecule has 9 aromatic carbocycles. The van der Waals surface area contributed by atoms with Gasteiger partial charge in [0.2, 0.25) is 0 Å². The quantitative estimate of drug-likeness (QED) is 0.0954. The zero-order valence-corrected chi connectivity index (χ0v) is 46.4. The van der Waals surface area contributed by atoms with Gasteiger partial charge in [0.15, 0.2) is 8.07 Å². The van der Waals surface area contributed by atoms with Crippen LogP contribution in [0.3, 0.4) is 0 Å². The minimum atomic E-state index is -2.87. The fourth-order valence-electron chi connectivity index (χ4n) is 12.3. The summed E-state index contributed by atoms with van der Waals surface area (Å²) in [5, 5.41) is 5.54. The van der Waals surface area contributed by atoms with Gasteiger partial charge in [-0.15, -0.1) is 0 Å². The van der Waals surface area contributed by atoms with E-state index in [-0.39, 0.29) is 8.41 Å². The first-order chi connectivity index (χ1) is 37.1. The van der Waals surface area contributed by atoms with Crippen LogP contribution in [0.25, 0.3) is 56.4 Å². The van der Waals surface area contributed by atoms with Gasteiger partial charge in [-0.2, -0.15) is 0 Å². The summed E-state index contributed by atoms with van der Waals surface area (Å²) in [5.41, 5.74) is 14.6. The van der Waals surface area contributed by atoms with Crippen LogP contribution >= 0.6 is 0 Å². The molecule has 0 bridgehead atoms. The molecule has 77 heavy (non-hydrogen) atoms. The van der Waals surface area contributed by atoms with Crippen molar-refractivity contribution in [2.45, 2.75) is 60.3 Å². The molecular formula is C73H70BN2Si. The molecular weight excluding hydrogens is 944 g/mol. The highest BCUT2D eigenvalue weighted by Gasteiger charge is 2.46. The molecule has 1 aliphatic carbocycles. The van der Waals surface area contributed by atoms with Crippen LogP contribution in [0.5, 0.6) is 0 Å². The van der Waals surface area contributed by atoms with Crippen LogP contribution in [0.15, 0.2) is 285 Å². The highest BCUT2D eigenvalue weighted by Crippen LogP contribution is 2.45. The van der Waals surface area contributed by atoms with Gasteiger partial charge in [0.25, 0.3) is 0 Å². The number of benzene rings is 9. The molecule has 3 radical (unpaired) electrons. The van der Waals surface area contributed by atoms with E-state index in [0.29, 0.717) is 10.8 Å². The van der Waals surface area contributed by atoms with Gasteiger partial charge < -0.3 is 9.13 Å². The number of aromatic nitrogens is 2. The molecule has 0 amide bonds. The first kappa shape index (κ1) is 53.6. The van der Waals surface area contributed by atoms with Crippen molar-refractivity contribution in [2.24, 2.45) is 10.8 Å². The fourth-order valence-corrected chi connectivity index (χ4v) is 17.5. The van der Waals surface area contributed by atoms with Crippen LogP contribution in [0.2, 0.25) is 0 Å². The molecule has 2 aromatic heterocycles. The van der Waals surface area contributed by atoms with Crippen LogP contribution in [0.4, 0.5) is 0 Å². The van der Waals surface area contributed by atoms with Crippen molar-refractivity contribution < 1.29 is 0 Å². The molecule has 4 heteroatoms. The van der Waals surface area contributed by atoms with Crippen molar-refractivity contribution in [3.8, 4) is 56.4 Å². The Balaban J connectivity index is 0.000000176. The topological polar surface area (TPSA) is 9.86 Å². The summed E-state index contributed by atoms with van der Waals surface area (Å²) < 4.78 is 4.84. The summed E-state index contributed by atoms with van der Waals surface area (Å²) in [4.78, 5) is 0. The number of hydrogen-bond donors (Lipinski definition) is 0. The fraction of sp³-hybridized carbons (Fsp3) is 0.151. The minimum absolute atomic E-state index is 0. The second-order valence-corrected chi connectivity index (χ2v) is 25.5. The Hall–Kier alpha value is -8.18. The molecule has 0 aliphatic heterocycles. The molecule has 0 unspecified atom stereocenters. The maximum Gasteiger partial charge on any atom is 0.182 e. The van der Waals surface area contributed by atoms with Crippen LogP contribution in [-0.4, -0.2) is 25.6 Å². The molecule has 12 rings (SSSR count). The van der Waals surface area contributed by atoms with E-state index >= 15 is 0 Å². The summed E-state index contributed by atoms with van der Waals surface area (Å²) in [6.45, 7) is 11.9. The Bertz CT molecular complexity index is 3370. The molecule has 379 valence electrons. The average Bonchev–Trinajstić information content (AvgIpc) is 4.10. The van der Waals surface area contributed by atoms with Gasteiger partial charge in [-0.3, -0.25) is 0 Å². The summed E-state index contributed by atoms with van der Waals surface area (Å²) in [5.74, 6) is 0. The van der Waals surface area contributed by atoms with E-state index in [0.717, 1.165) is 5.69 Å². The predicted molar refractivity (Wildman–Crippen MR) is 333 cm³/mol. The molecule has 11 aromatic rings. The summed E-state index contributed by atoms with van der Waals surface area (Å²) >= 11 is 0. The largest absolute Gasteiger partial charge is 0.309 e. The van der Waals surface area contributed by atoms with E-state index in [9.17, 15) is 0 Å². The third-order valence-corrected chi connectivity index (χ3v) is 20.2. The van der Waals surface area contributed by atoms with Gasteiger partial charge in [0.1, 0.15) is 0 Å². The van der Waals surface area contributed by atoms with E-state index in [1.807, 2.05) is 0 Å². The maximum absolute atomic E-state index is 2.87. The molecule has 1 fully saturated rings. The molecule has 0 spiro atoms. The van der Waals surface area contributed by atoms with Crippen LogP contribution in [0, 0.1) is 17.8 Å². The normalized spacial score (nSPS) is 13.4. The standard InChI is InChI=1S/C41H33NSi.C22H17N.C10H20.B/c1-32-39(33-20-8-2-9-21-33)42(35-24-12-4-13-25-35)40(34-22-10-3-11-23-34)41(32)43(36-26-14-5-15-27-36,37-28-16-6-17-29-37)38-30-18-7-19-31-38;1-4-10-18(11-5-1)21-16-17-22(19-12-6-2-7-13-19)23(21)20-14-8-3-9-15-20;1-9(2)6-5-7-10(3,4)8-9;/h2-31H,1H3;1-17H;5-8H2,1-4H3;. The van der Waals surface area contributed by atoms with Gasteiger partial charge in [0.05, 0.1) is 22.8 Å². The average molecular weight is 1010 g/mol. The van der Waals surface area contributed by atoms with Crippen LogP contribution in [-0.2, 0) is 0 Å². The number of hydrogen-bond acceptors (Lipinski definition) is 0. The van der Waals surface area contributed by atoms with Crippen LogP contribution < -0.4 is 20.7 Å². The first-order valence-electron chi connectivity index (χ1n) is 27.1. The second-order valence-electron chi connectivity index (χ2n) is 21.8. The zero-order chi connectivity index (χ0) is 52.4. The molecule has 0 saturated heterocycles. The molecule has 1 aliphatic rings. The molecule has 2 nitrogen and oxygen atoms in total. The summed E-state index contributed by atoms with van der Waals surface area (Å²) in [6, 6.07) is 102. The lowest BCUT2D eigenvalue weighted by atomic mass is 9.65. The molecule has 0 atom stereocenters. The highest BCUT2D eigenvalue weighted by atomic mass is 28.3. The van der Waals surface area contributed by atoms with E-state index in [1.165, 1.54) is 103 Å². The first-order valence-corrected chi connectivity index (χ1v) is 29.1. The lowest BCUT2D eigenvalue weighted by molar-refractivity contribution is 0.116. The van der Waals surface area contributed by atoms with Crippen molar-refractivity contribution in [3.05, 3.63) is 291 Å². The Labute approximate surface area is 462 Å². The second kappa shape index (κ2) is 24.2. The Kier molecular flexibility index (Phi) is 16.9.